The van der Waals surface area contributed by atoms with Gasteiger partial charge < -0.3 is 14.8 Å². The third-order valence-electron chi connectivity index (χ3n) is 4.65. The van der Waals surface area contributed by atoms with E-state index >= 15 is 0 Å². The molecule has 0 spiro atoms. The molecular formula is C21H22ClN3O2. The summed E-state index contributed by atoms with van der Waals surface area (Å²) in [6, 6.07) is 12.7. The van der Waals surface area contributed by atoms with E-state index in [0.717, 1.165) is 10.9 Å². The number of halogens is 1. The molecule has 6 heteroatoms. The van der Waals surface area contributed by atoms with Gasteiger partial charge in [0.05, 0.1) is 16.1 Å². The summed E-state index contributed by atoms with van der Waals surface area (Å²) in [5.74, 6) is -0.331. The zero-order valence-electron chi connectivity index (χ0n) is 15.6. The molecule has 0 aliphatic rings. The number of hydrogen-bond acceptors (Lipinski definition) is 2. The molecule has 0 fully saturated rings. The summed E-state index contributed by atoms with van der Waals surface area (Å²) in [5, 5.41) is 4.07. The summed E-state index contributed by atoms with van der Waals surface area (Å²) in [7, 11) is 1.91. The number of para-hydroxylation sites is 1. The zero-order chi connectivity index (χ0) is 19.6. The average Bonchev–Trinajstić information content (AvgIpc) is 3.00. The highest BCUT2D eigenvalue weighted by Crippen LogP contribution is 2.25. The van der Waals surface area contributed by atoms with Crippen LogP contribution in [-0.2, 0) is 7.05 Å². The van der Waals surface area contributed by atoms with Gasteiger partial charge in [0, 0.05) is 42.9 Å². The molecule has 2 aromatic carbocycles. The molecule has 0 aliphatic heterocycles. The normalized spacial score (nSPS) is 10.8. The number of anilines is 1. The van der Waals surface area contributed by atoms with Gasteiger partial charge in [0.25, 0.3) is 11.8 Å². The molecule has 1 N–H and O–H groups in total. The van der Waals surface area contributed by atoms with Crippen LogP contribution in [-0.4, -0.2) is 34.4 Å². The van der Waals surface area contributed by atoms with Crippen LogP contribution in [0.1, 0.15) is 34.6 Å². The van der Waals surface area contributed by atoms with Gasteiger partial charge in [-0.3, -0.25) is 9.59 Å². The van der Waals surface area contributed by atoms with Crippen LogP contribution in [0.3, 0.4) is 0 Å². The first-order valence-electron chi connectivity index (χ1n) is 8.90. The van der Waals surface area contributed by atoms with E-state index in [9.17, 15) is 9.59 Å². The molecule has 27 heavy (non-hydrogen) atoms. The Morgan fingerprint density at radius 1 is 1.07 bits per heavy atom. The van der Waals surface area contributed by atoms with Crippen LogP contribution in [0, 0.1) is 0 Å². The van der Waals surface area contributed by atoms with Gasteiger partial charge in [-0.05, 0) is 38.1 Å². The molecule has 0 unspecified atom stereocenters. The quantitative estimate of drug-likeness (QED) is 0.701. The Kier molecular flexibility index (Phi) is 5.51. The number of aromatic nitrogens is 1. The number of benzene rings is 2. The first kappa shape index (κ1) is 19.0. The van der Waals surface area contributed by atoms with Gasteiger partial charge in [0.2, 0.25) is 0 Å². The van der Waals surface area contributed by atoms with Gasteiger partial charge in [-0.2, -0.15) is 0 Å². The summed E-state index contributed by atoms with van der Waals surface area (Å²) < 4.78 is 1.92. The van der Waals surface area contributed by atoms with Gasteiger partial charge in [-0.1, -0.05) is 29.8 Å². The van der Waals surface area contributed by atoms with Crippen molar-refractivity contribution in [2.45, 2.75) is 13.8 Å². The van der Waals surface area contributed by atoms with Crippen molar-refractivity contribution in [3.63, 3.8) is 0 Å². The van der Waals surface area contributed by atoms with Crippen molar-refractivity contribution in [1.29, 1.82) is 0 Å². The Balaban J connectivity index is 1.84. The lowest BCUT2D eigenvalue weighted by molar-refractivity contribution is 0.0773. The highest BCUT2D eigenvalue weighted by molar-refractivity contribution is 6.34. The SMILES string of the molecule is CCN(CC)C(=O)c1ccc(NC(=O)c2cn(C)c3ccccc23)cc1Cl. The molecule has 0 aliphatic carbocycles. The molecule has 0 bridgehead atoms. The second-order valence-electron chi connectivity index (χ2n) is 6.30. The van der Waals surface area contributed by atoms with Crippen LogP contribution in [0.25, 0.3) is 10.9 Å². The van der Waals surface area contributed by atoms with Crippen LogP contribution in [0.5, 0.6) is 0 Å². The summed E-state index contributed by atoms with van der Waals surface area (Å²) >= 11 is 6.31. The third kappa shape index (κ3) is 3.69. The average molecular weight is 384 g/mol. The lowest BCUT2D eigenvalue weighted by Gasteiger charge is -2.19. The Morgan fingerprint density at radius 3 is 2.44 bits per heavy atom. The van der Waals surface area contributed by atoms with E-state index < -0.39 is 0 Å². The lowest BCUT2D eigenvalue weighted by Crippen LogP contribution is -2.30. The molecule has 5 nitrogen and oxygen atoms in total. The monoisotopic (exact) mass is 383 g/mol. The van der Waals surface area contributed by atoms with Gasteiger partial charge in [-0.15, -0.1) is 0 Å². The second kappa shape index (κ2) is 7.84. The predicted molar refractivity (Wildman–Crippen MR) is 110 cm³/mol. The van der Waals surface area contributed by atoms with Gasteiger partial charge in [0.15, 0.2) is 0 Å². The molecule has 3 rings (SSSR count). The van der Waals surface area contributed by atoms with Crippen molar-refractivity contribution < 1.29 is 9.59 Å². The number of fused-ring (bicyclic) bond motifs is 1. The first-order chi connectivity index (χ1) is 13.0. The molecular weight excluding hydrogens is 362 g/mol. The van der Waals surface area contributed by atoms with Crippen LogP contribution < -0.4 is 5.32 Å². The minimum atomic E-state index is -0.217. The number of amides is 2. The van der Waals surface area contributed by atoms with Crippen molar-refractivity contribution in [1.82, 2.24) is 9.47 Å². The van der Waals surface area contributed by atoms with Gasteiger partial charge >= 0.3 is 0 Å². The maximum atomic E-state index is 12.7. The maximum Gasteiger partial charge on any atom is 0.257 e. The molecule has 0 saturated carbocycles. The van der Waals surface area contributed by atoms with E-state index in [1.165, 1.54) is 0 Å². The number of nitrogens with one attached hydrogen (secondary N) is 1. The number of rotatable bonds is 5. The molecule has 1 aromatic heterocycles. The Hall–Kier alpha value is -2.79. The standard InChI is InChI=1S/C21H22ClN3O2/c1-4-25(5-2)21(27)16-11-10-14(12-18(16)22)23-20(26)17-13-24(3)19-9-7-6-8-15(17)19/h6-13H,4-5H2,1-3H3,(H,23,26). The fourth-order valence-corrected chi connectivity index (χ4v) is 3.43. The van der Waals surface area contributed by atoms with Crippen LogP contribution in [0.15, 0.2) is 48.7 Å². The van der Waals surface area contributed by atoms with E-state index in [-0.39, 0.29) is 11.8 Å². The van der Waals surface area contributed by atoms with E-state index in [2.05, 4.69) is 5.32 Å². The predicted octanol–water partition coefficient (Wildman–Crippen LogP) is 4.57. The Labute approximate surface area is 163 Å². The fourth-order valence-electron chi connectivity index (χ4n) is 3.17. The first-order valence-corrected chi connectivity index (χ1v) is 9.28. The van der Waals surface area contributed by atoms with E-state index in [1.807, 2.05) is 49.7 Å². The summed E-state index contributed by atoms with van der Waals surface area (Å²) in [5.41, 5.74) is 2.56. The fraction of sp³-hybridized carbons (Fsp3) is 0.238. The minimum absolute atomic E-state index is 0.114. The molecule has 0 atom stereocenters. The van der Waals surface area contributed by atoms with E-state index in [1.54, 1.807) is 29.3 Å². The van der Waals surface area contributed by atoms with Crippen molar-refractivity contribution in [2.75, 3.05) is 18.4 Å². The smallest absolute Gasteiger partial charge is 0.257 e. The number of nitrogens with zero attached hydrogens (tertiary/aromatic N) is 2. The van der Waals surface area contributed by atoms with Gasteiger partial charge in [0.1, 0.15) is 0 Å². The molecule has 0 saturated heterocycles. The summed E-state index contributed by atoms with van der Waals surface area (Å²) in [6.07, 6.45) is 1.81. The molecule has 2 amide bonds. The van der Waals surface area contributed by atoms with Crippen molar-refractivity contribution in [3.05, 3.63) is 64.8 Å². The topological polar surface area (TPSA) is 54.3 Å². The lowest BCUT2D eigenvalue weighted by atomic mass is 10.1. The highest BCUT2D eigenvalue weighted by atomic mass is 35.5. The van der Waals surface area contributed by atoms with E-state index in [4.69, 9.17) is 11.6 Å². The summed E-state index contributed by atoms with van der Waals surface area (Å²) in [4.78, 5) is 26.9. The van der Waals surface area contributed by atoms with Gasteiger partial charge in [-0.25, -0.2) is 0 Å². The number of carbonyl (C=O) groups excluding carboxylic acids is 2. The van der Waals surface area contributed by atoms with E-state index in [0.29, 0.717) is 34.9 Å². The number of aryl methyl sites for hydroxylation is 1. The van der Waals surface area contributed by atoms with Crippen LogP contribution in [0.4, 0.5) is 5.69 Å². The number of carbonyl (C=O) groups is 2. The van der Waals surface area contributed by atoms with Crippen molar-refractivity contribution in [2.24, 2.45) is 7.05 Å². The molecule has 0 radical (unpaired) electrons. The van der Waals surface area contributed by atoms with Crippen LogP contribution >= 0.6 is 11.6 Å². The Morgan fingerprint density at radius 2 is 1.78 bits per heavy atom. The van der Waals surface area contributed by atoms with Crippen LogP contribution in [0.2, 0.25) is 5.02 Å². The third-order valence-corrected chi connectivity index (χ3v) is 4.96. The van der Waals surface area contributed by atoms with Crippen molar-refractivity contribution >= 4 is 40.0 Å². The number of hydrogen-bond donors (Lipinski definition) is 1. The Bertz CT molecular complexity index is 1010. The second-order valence-corrected chi connectivity index (χ2v) is 6.70. The summed E-state index contributed by atoms with van der Waals surface area (Å²) in [6.45, 7) is 5.08. The molecule has 1 heterocycles. The largest absolute Gasteiger partial charge is 0.350 e. The molecule has 140 valence electrons. The zero-order valence-corrected chi connectivity index (χ0v) is 16.4. The minimum Gasteiger partial charge on any atom is -0.350 e. The van der Waals surface area contributed by atoms with Crippen molar-refractivity contribution in [3.8, 4) is 0 Å². The molecule has 3 aromatic rings. The highest BCUT2D eigenvalue weighted by Gasteiger charge is 2.18. The maximum absolute atomic E-state index is 12.7.